The third kappa shape index (κ3) is 1.08. The van der Waals surface area contributed by atoms with Gasteiger partial charge in [-0.25, -0.2) is 4.79 Å². The maximum Gasteiger partial charge on any atom is 0.123 e. The first-order valence-electron chi connectivity index (χ1n) is 2.81. The molecule has 0 spiro atoms. The van der Waals surface area contributed by atoms with Crippen molar-refractivity contribution < 1.29 is 4.79 Å². The van der Waals surface area contributed by atoms with Gasteiger partial charge in [-0.05, 0) is 19.3 Å². The predicted octanol–water partition coefficient (Wildman–Crippen LogP) is 1.48. The van der Waals surface area contributed by atoms with E-state index in [1.165, 1.54) is 0 Å². The van der Waals surface area contributed by atoms with Crippen LogP contribution < -0.4 is 0 Å². The summed E-state index contributed by atoms with van der Waals surface area (Å²) in [5, 5.41) is 0. The van der Waals surface area contributed by atoms with Gasteiger partial charge in [-0.2, -0.15) is 0 Å². The van der Waals surface area contributed by atoms with Crippen LogP contribution in [0.2, 0.25) is 0 Å². The van der Waals surface area contributed by atoms with E-state index in [9.17, 15) is 4.79 Å². The second kappa shape index (κ2) is 2.49. The van der Waals surface area contributed by atoms with Gasteiger partial charge in [-0.1, -0.05) is 12.2 Å². The second-order valence-corrected chi connectivity index (χ2v) is 1.92. The molecule has 1 rings (SSSR count). The molecular weight excluding hydrogens is 100 g/mol. The highest BCUT2D eigenvalue weighted by molar-refractivity contribution is 5.53. The molecule has 0 N–H and O–H groups in total. The van der Waals surface area contributed by atoms with E-state index >= 15 is 0 Å². The van der Waals surface area contributed by atoms with Crippen molar-refractivity contribution in [2.24, 2.45) is 0 Å². The maximum absolute atomic E-state index is 9.96. The number of allylic oxidation sites excluding steroid dienone is 3. The average molecular weight is 108 g/mol. The number of carbonyl (C=O) groups excluding carboxylic acids is 1. The van der Waals surface area contributed by atoms with E-state index in [4.69, 9.17) is 0 Å². The highest BCUT2D eigenvalue weighted by Crippen LogP contribution is 2.12. The normalized spacial score (nSPS) is 18.2. The summed E-state index contributed by atoms with van der Waals surface area (Å²) in [7, 11) is 0. The zero-order valence-corrected chi connectivity index (χ0v) is 4.68. The largest absolute Gasteiger partial charge is 0.234 e. The van der Waals surface area contributed by atoms with Crippen molar-refractivity contribution in [3.8, 4) is 0 Å². The van der Waals surface area contributed by atoms with Crippen molar-refractivity contribution >= 4 is 5.94 Å². The molecule has 0 aromatic carbocycles. The fraction of sp³-hybridized carbons (Fsp3) is 0.429. The molecule has 0 bridgehead atoms. The lowest BCUT2D eigenvalue weighted by molar-refractivity contribution is 0.565. The van der Waals surface area contributed by atoms with Crippen LogP contribution in [0.15, 0.2) is 17.7 Å². The first-order chi connectivity index (χ1) is 3.93. The Morgan fingerprint density at radius 1 is 1.50 bits per heavy atom. The molecule has 0 heterocycles. The third-order valence-corrected chi connectivity index (χ3v) is 1.29. The molecule has 0 saturated heterocycles. The van der Waals surface area contributed by atoms with Crippen LogP contribution in [0.3, 0.4) is 0 Å². The Labute approximate surface area is 48.7 Å². The van der Waals surface area contributed by atoms with Crippen molar-refractivity contribution in [3.05, 3.63) is 17.7 Å². The minimum atomic E-state index is 0.823. The molecular formula is C7H8O. The summed E-state index contributed by atoms with van der Waals surface area (Å²) in [6.07, 6.45) is 6.87. The van der Waals surface area contributed by atoms with E-state index < -0.39 is 0 Å². The van der Waals surface area contributed by atoms with Crippen LogP contribution in [0.4, 0.5) is 0 Å². The van der Waals surface area contributed by atoms with Crippen LogP contribution in [-0.4, -0.2) is 5.94 Å². The molecule has 0 atom stereocenters. The van der Waals surface area contributed by atoms with E-state index in [-0.39, 0.29) is 0 Å². The SMILES string of the molecule is O=C=C1CC=CCC1. The maximum atomic E-state index is 9.96. The van der Waals surface area contributed by atoms with E-state index in [1.54, 1.807) is 0 Å². The van der Waals surface area contributed by atoms with Crippen LogP contribution in [0.25, 0.3) is 0 Å². The van der Waals surface area contributed by atoms with E-state index in [1.807, 2.05) is 12.0 Å². The molecule has 0 amide bonds. The molecule has 1 heteroatoms. The molecule has 8 heavy (non-hydrogen) atoms. The summed E-state index contributed by atoms with van der Waals surface area (Å²) in [6.45, 7) is 0. The molecule has 0 fully saturated rings. The first-order valence-corrected chi connectivity index (χ1v) is 2.81. The smallest absolute Gasteiger partial charge is 0.123 e. The van der Waals surface area contributed by atoms with Gasteiger partial charge in [-0.3, -0.25) is 0 Å². The molecule has 0 unspecified atom stereocenters. The Balaban J connectivity index is 2.63. The van der Waals surface area contributed by atoms with Gasteiger partial charge >= 0.3 is 0 Å². The fourth-order valence-corrected chi connectivity index (χ4v) is 0.796. The van der Waals surface area contributed by atoms with E-state index in [2.05, 4.69) is 6.08 Å². The Kier molecular flexibility index (Phi) is 1.66. The van der Waals surface area contributed by atoms with E-state index in [0.29, 0.717) is 0 Å². The number of hydrogen-bond acceptors (Lipinski definition) is 1. The molecule has 42 valence electrons. The minimum Gasteiger partial charge on any atom is -0.234 e. The fourth-order valence-electron chi connectivity index (χ4n) is 0.796. The summed E-state index contributed by atoms with van der Waals surface area (Å²) in [6, 6.07) is 0. The minimum absolute atomic E-state index is 0.823. The van der Waals surface area contributed by atoms with Gasteiger partial charge in [0.05, 0.1) is 0 Å². The van der Waals surface area contributed by atoms with Gasteiger partial charge in [0.2, 0.25) is 0 Å². The quantitative estimate of drug-likeness (QED) is 0.339. The monoisotopic (exact) mass is 108 g/mol. The molecule has 0 saturated carbocycles. The lowest BCUT2D eigenvalue weighted by Gasteiger charge is -2.00. The number of hydrogen-bond donors (Lipinski definition) is 0. The summed E-state index contributed by atoms with van der Waals surface area (Å²) < 4.78 is 0. The predicted molar refractivity (Wildman–Crippen MR) is 32.2 cm³/mol. The third-order valence-electron chi connectivity index (χ3n) is 1.29. The molecule has 0 aromatic heterocycles. The Morgan fingerprint density at radius 2 is 2.38 bits per heavy atom. The molecule has 1 aliphatic carbocycles. The van der Waals surface area contributed by atoms with Crippen LogP contribution in [-0.2, 0) is 4.79 Å². The molecule has 0 radical (unpaired) electrons. The lowest BCUT2D eigenvalue weighted by atomic mass is 10.0. The van der Waals surface area contributed by atoms with Crippen molar-refractivity contribution in [2.75, 3.05) is 0 Å². The topological polar surface area (TPSA) is 17.1 Å². The van der Waals surface area contributed by atoms with Crippen molar-refractivity contribution in [1.29, 1.82) is 0 Å². The van der Waals surface area contributed by atoms with Crippen molar-refractivity contribution in [1.82, 2.24) is 0 Å². The Morgan fingerprint density at radius 3 is 2.75 bits per heavy atom. The average Bonchev–Trinajstić information content (AvgIpc) is 1.90. The molecule has 0 aliphatic heterocycles. The highest BCUT2D eigenvalue weighted by Gasteiger charge is 1.97. The highest BCUT2D eigenvalue weighted by atomic mass is 16.1. The van der Waals surface area contributed by atoms with Gasteiger partial charge in [0.25, 0.3) is 0 Å². The van der Waals surface area contributed by atoms with Gasteiger partial charge in [0, 0.05) is 5.57 Å². The van der Waals surface area contributed by atoms with Gasteiger partial charge in [-0.15, -0.1) is 0 Å². The van der Waals surface area contributed by atoms with Gasteiger partial charge < -0.3 is 0 Å². The zero-order chi connectivity index (χ0) is 5.82. The lowest BCUT2D eigenvalue weighted by Crippen LogP contribution is -1.86. The molecule has 0 aromatic rings. The summed E-state index contributed by atoms with van der Waals surface area (Å²) in [5.41, 5.74) is 0.910. The van der Waals surface area contributed by atoms with Crippen molar-refractivity contribution in [2.45, 2.75) is 19.3 Å². The molecule has 1 aliphatic rings. The van der Waals surface area contributed by atoms with Crippen molar-refractivity contribution in [3.63, 3.8) is 0 Å². The van der Waals surface area contributed by atoms with Gasteiger partial charge in [0.15, 0.2) is 0 Å². The zero-order valence-electron chi connectivity index (χ0n) is 4.68. The Hall–Kier alpha value is -0.810. The Bertz CT molecular complexity index is 150. The van der Waals surface area contributed by atoms with Crippen LogP contribution in [0.5, 0.6) is 0 Å². The second-order valence-electron chi connectivity index (χ2n) is 1.92. The van der Waals surface area contributed by atoms with Crippen LogP contribution in [0, 0.1) is 0 Å². The number of rotatable bonds is 0. The summed E-state index contributed by atoms with van der Waals surface area (Å²) in [4.78, 5) is 9.96. The standard InChI is InChI=1S/C7H8O/c8-6-7-4-2-1-3-5-7/h1-2H,3-5H2. The van der Waals surface area contributed by atoms with Crippen LogP contribution >= 0.6 is 0 Å². The molecule has 1 nitrogen and oxygen atoms in total. The van der Waals surface area contributed by atoms with Gasteiger partial charge in [0.1, 0.15) is 5.94 Å². The van der Waals surface area contributed by atoms with Crippen LogP contribution in [0.1, 0.15) is 19.3 Å². The summed E-state index contributed by atoms with van der Waals surface area (Å²) >= 11 is 0. The first kappa shape index (κ1) is 5.33. The van der Waals surface area contributed by atoms with E-state index in [0.717, 1.165) is 24.8 Å². The summed E-state index contributed by atoms with van der Waals surface area (Å²) in [5.74, 6) is 1.92.